The lowest BCUT2D eigenvalue weighted by Crippen LogP contribution is -2.13. The molecule has 0 saturated heterocycles. The third kappa shape index (κ3) is 2.67. The lowest BCUT2D eigenvalue weighted by Gasteiger charge is -2.05. The number of anilines is 2. The third-order valence-corrected chi connectivity index (χ3v) is 2.22. The van der Waals surface area contributed by atoms with E-state index in [1.54, 1.807) is 0 Å². The minimum absolute atomic E-state index is 0.0912. The van der Waals surface area contributed by atoms with E-state index in [0.29, 0.717) is 11.4 Å². The van der Waals surface area contributed by atoms with E-state index in [-0.39, 0.29) is 10.7 Å². The molecular formula is C10H8ClN5O. The van der Waals surface area contributed by atoms with E-state index < -0.39 is 5.91 Å². The molecule has 7 heteroatoms. The standard InChI is InChI=1S/C10H8ClN5O/c11-9-8(1-6(12)2-15-9)10(17)16-7-3-13-5-14-4-7/h1-5H,12H2,(H,16,17). The third-order valence-electron chi connectivity index (χ3n) is 1.92. The number of rotatable bonds is 2. The van der Waals surface area contributed by atoms with Gasteiger partial charge in [0, 0.05) is 0 Å². The van der Waals surface area contributed by atoms with Crippen LogP contribution in [0.15, 0.2) is 31.0 Å². The Morgan fingerprint density at radius 3 is 2.71 bits per heavy atom. The van der Waals surface area contributed by atoms with Crippen molar-refractivity contribution in [1.29, 1.82) is 0 Å². The van der Waals surface area contributed by atoms with Gasteiger partial charge >= 0.3 is 0 Å². The zero-order chi connectivity index (χ0) is 12.3. The van der Waals surface area contributed by atoms with Crippen molar-refractivity contribution in [3.63, 3.8) is 0 Å². The van der Waals surface area contributed by atoms with Crippen LogP contribution in [0.25, 0.3) is 0 Å². The minimum Gasteiger partial charge on any atom is -0.397 e. The molecule has 0 aliphatic heterocycles. The number of nitrogens with zero attached hydrogens (tertiary/aromatic N) is 3. The van der Waals surface area contributed by atoms with Crippen LogP contribution in [0.3, 0.4) is 0 Å². The summed E-state index contributed by atoms with van der Waals surface area (Å²) in [5, 5.41) is 2.67. The van der Waals surface area contributed by atoms with E-state index >= 15 is 0 Å². The second-order valence-corrected chi connectivity index (χ2v) is 3.55. The fourth-order valence-electron chi connectivity index (χ4n) is 1.19. The van der Waals surface area contributed by atoms with Gasteiger partial charge in [0.1, 0.15) is 11.5 Å². The average molecular weight is 250 g/mol. The van der Waals surface area contributed by atoms with Gasteiger partial charge < -0.3 is 11.1 Å². The molecule has 0 unspecified atom stereocenters. The molecule has 1 amide bonds. The van der Waals surface area contributed by atoms with Crippen molar-refractivity contribution in [2.24, 2.45) is 0 Å². The van der Waals surface area contributed by atoms with Crippen molar-refractivity contribution in [3.8, 4) is 0 Å². The van der Waals surface area contributed by atoms with Gasteiger partial charge in [-0.15, -0.1) is 0 Å². The Morgan fingerprint density at radius 1 is 1.29 bits per heavy atom. The predicted molar refractivity (Wildman–Crippen MR) is 63.6 cm³/mol. The molecule has 0 aromatic carbocycles. The number of halogens is 1. The first kappa shape index (κ1) is 11.3. The molecule has 3 N–H and O–H groups in total. The summed E-state index contributed by atoms with van der Waals surface area (Å²) in [7, 11) is 0. The minimum atomic E-state index is -0.412. The van der Waals surface area contributed by atoms with Crippen LogP contribution in [0.2, 0.25) is 5.15 Å². The average Bonchev–Trinajstić information content (AvgIpc) is 2.33. The van der Waals surface area contributed by atoms with E-state index in [4.69, 9.17) is 17.3 Å². The first-order valence-electron chi connectivity index (χ1n) is 4.64. The Balaban J connectivity index is 2.23. The van der Waals surface area contributed by atoms with E-state index in [1.165, 1.54) is 31.0 Å². The van der Waals surface area contributed by atoms with E-state index in [2.05, 4.69) is 20.3 Å². The molecule has 17 heavy (non-hydrogen) atoms. The summed E-state index contributed by atoms with van der Waals surface area (Å²) in [4.78, 5) is 23.2. The molecule has 2 aromatic rings. The summed E-state index contributed by atoms with van der Waals surface area (Å²) in [6, 6.07) is 1.45. The van der Waals surface area contributed by atoms with E-state index in [0.717, 1.165) is 0 Å². The molecule has 0 bridgehead atoms. The van der Waals surface area contributed by atoms with Crippen molar-refractivity contribution in [3.05, 3.63) is 41.7 Å². The second-order valence-electron chi connectivity index (χ2n) is 3.19. The van der Waals surface area contributed by atoms with Crippen molar-refractivity contribution in [2.75, 3.05) is 11.1 Å². The molecular weight excluding hydrogens is 242 g/mol. The molecule has 86 valence electrons. The SMILES string of the molecule is Nc1cnc(Cl)c(C(=O)Nc2cncnc2)c1. The largest absolute Gasteiger partial charge is 0.397 e. The second kappa shape index (κ2) is 4.75. The van der Waals surface area contributed by atoms with Crippen molar-refractivity contribution < 1.29 is 4.79 Å². The van der Waals surface area contributed by atoms with Crippen LogP contribution in [0.4, 0.5) is 11.4 Å². The Hall–Kier alpha value is -2.21. The Kier molecular flexibility index (Phi) is 3.15. The lowest BCUT2D eigenvalue weighted by atomic mass is 10.2. The highest BCUT2D eigenvalue weighted by atomic mass is 35.5. The van der Waals surface area contributed by atoms with Crippen LogP contribution < -0.4 is 11.1 Å². The molecule has 0 atom stereocenters. The number of nitrogens with two attached hydrogens (primary N) is 1. The molecule has 6 nitrogen and oxygen atoms in total. The van der Waals surface area contributed by atoms with Crippen LogP contribution >= 0.6 is 11.6 Å². The molecule has 0 aliphatic carbocycles. The van der Waals surface area contributed by atoms with Crippen molar-refractivity contribution >= 4 is 28.9 Å². The normalized spacial score (nSPS) is 9.94. The van der Waals surface area contributed by atoms with Gasteiger partial charge in [0.2, 0.25) is 0 Å². The summed E-state index contributed by atoms with van der Waals surface area (Å²) < 4.78 is 0. The van der Waals surface area contributed by atoms with Crippen LogP contribution in [-0.2, 0) is 0 Å². The number of nitrogen functional groups attached to an aromatic ring is 1. The van der Waals surface area contributed by atoms with Crippen molar-refractivity contribution in [2.45, 2.75) is 0 Å². The topological polar surface area (TPSA) is 93.8 Å². The summed E-state index contributed by atoms with van der Waals surface area (Å²) in [6.45, 7) is 0. The first-order valence-corrected chi connectivity index (χ1v) is 5.02. The number of carbonyl (C=O) groups is 1. The number of aromatic nitrogens is 3. The summed E-state index contributed by atoms with van der Waals surface area (Å²) >= 11 is 5.80. The van der Waals surface area contributed by atoms with Crippen LogP contribution in [-0.4, -0.2) is 20.9 Å². The summed E-state index contributed by atoms with van der Waals surface area (Å²) in [5.41, 5.74) is 6.57. The van der Waals surface area contributed by atoms with Gasteiger partial charge in [-0.25, -0.2) is 15.0 Å². The number of carbonyl (C=O) groups excluding carboxylic acids is 1. The molecule has 0 aliphatic rings. The predicted octanol–water partition coefficient (Wildman–Crippen LogP) is 1.36. The summed E-state index contributed by atoms with van der Waals surface area (Å²) in [6.07, 6.45) is 5.69. The molecule has 0 fully saturated rings. The lowest BCUT2D eigenvalue weighted by molar-refractivity contribution is 0.102. The van der Waals surface area contributed by atoms with Crippen LogP contribution in [0, 0.1) is 0 Å². The highest BCUT2D eigenvalue weighted by Crippen LogP contribution is 2.17. The van der Waals surface area contributed by atoms with Gasteiger partial charge in [-0.2, -0.15) is 0 Å². The van der Waals surface area contributed by atoms with Gasteiger partial charge in [-0.05, 0) is 6.07 Å². The first-order chi connectivity index (χ1) is 8.16. The highest BCUT2D eigenvalue weighted by Gasteiger charge is 2.12. The van der Waals surface area contributed by atoms with Crippen molar-refractivity contribution in [1.82, 2.24) is 15.0 Å². The zero-order valence-corrected chi connectivity index (χ0v) is 9.35. The highest BCUT2D eigenvalue weighted by molar-refractivity contribution is 6.33. The monoisotopic (exact) mass is 249 g/mol. The molecule has 2 aromatic heterocycles. The van der Waals surface area contributed by atoms with Crippen LogP contribution in [0.1, 0.15) is 10.4 Å². The van der Waals surface area contributed by atoms with Gasteiger partial charge in [0.05, 0.1) is 35.5 Å². The number of nitrogens with one attached hydrogen (secondary N) is 1. The zero-order valence-electron chi connectivity index (χ0n) is 8.59. The fraction of sp³-hybridized carbons (Fsp3) is 0. The Bertz CT molecular complexity index is 546. The molecule has 0 spiro atoms. The van der Waals surface area contributed by atoms with E-state index in [9.17, 15) is 4.79 Å². The van der Waals surface area contributed by atoms with Crippen LogP contribution in [0.5, 0.6) is 0 Å². The molecule has 2 rings (SSSR count). The number of hydrogen-bond acceptors (Lipinski definition) is 5. The number of hydrogen-bond donors (Lipinski definition) is 2. The van der Waals surface area contributed by atoms with E-state index in [1.807, 2.05) is 0 Å². The fourth-order valence-corrected chi connectivity index (χ4v) is 1.37. The number of pyridine rings is 1. The molecule has 0 radical (unpaired) electrons. The maximum Gasteiger partial charge on any atom is 0.258 e. The Morgan fingerprint density at radius 2 is 2.00 bits per heavy atom. The van der Waals surface area contributed by atoms with Gasteiger partial charge in [-0.1, -0.05) is 11.6 Å². The van der Waals surface area contributed by atoms with Gasteiger partial charge in [0.25, 0.3) is 5.91 Å². The molecule has 2 heterocycles. The van der Waals surface area contributed by atoms with Gasteiger partial charge in [0.15, 0.2) is 0 Å². The maximum absolute atomic E-state index is 11.8. The van der Waals surface area contributed by atoms with Gasteiger partial charge in [-0.3, -0.25) is 4.79 Å². The maximum atomic E-state index is 11.8. The molecule has 0 saturated carbocycles. The summed E-state index contributed by atoms with van der Waals surface area (Å²) in [5.74, 6) is -0.412. The smallest absolute Gasteiger partial charge is 0.258 e. The quantitative estimate of drug-likeness (QED) is 0.784. The Labute approximate surface area is 102 Å². The number of amides is 1.